The van der Waals surface area contributed by atoms with E-state index in [4.69, 9.17) is 4.74 Å². The molecule has 0 aliphatic heterocycles. The van der Waals surface area contributed by atoms with Gasteiger partial charge in [-0.3, -0.25) is 4.90 Å². The minimum absolute atomic E-state index is 0.0618. The van der Waals surface area contributed by atoms with E-state index in [1.807, 2.05) is 0 Å². The molecule has 1 saturated carbocycles. The molecule has 0 heterocycles. The van der Waals surface area contributed by atoms with Gasteiger partial charge in [0.25, 0.3) is 0 Å². The summed E-state index contributed by atoms with van der Waals surface area (Å²) in [6.45, 7) is 7.98. The van der Waals surface area contributed by atoms with Gasteiger partial charge in [0.15, 0.2) is 0 Å². The maximum absolute atomic E-state index is 13.7. The summed E-state index contributed by atoms with van der Waals surface area (Å²) in [5.74, 6) is -1.42. The third-order valence-corrected chi connectivity index (χ3v) is 4.67. The molecule has 2 amide bonds. The molecular formula is C20H26F4N2O4. The van der Waals surface area contributed by atoms with Crippen LogP contribution in [0.3, 0.4) is 0 Å². The lowest BCUT2D eigenvalue weighted by Gasteiger charge is -2.37. The Morgan fingerprint density at radius 3 is 2.17 bits per heavy atom. The number of amides is 2. The van der Waals surface area contributed by atoms with Crippen molar-refractivity contribution in [2.75, 3.05) is 6.54 Å². The van der Waals surface area contributed by atoms with Gasteiger partial charge in [-0.2, -0.15) is 13.2 Å². The zero-order valence-corrected chi connectivity index (χ0v) is 17.5. The van der Waals surface area contributed by atoms with Crippen molar-refractivity contribution in [3.05, 3.63) is 35.1 Å². The highest BCUT2D eigenvalue weighted by molar-refractivity contribution is 5.70. The van der Waals surface area contributed by atoms with Gasteiger partial charge >= 0.3 is 18.4 Å². The molecule has 0 radical (unpaired) electrons. The quantitative estimate of drug-likeness (QED) is 0.631. The van der Waals surface area contributed by atoms with E-state index in [0.29, 0.717) is 12.1 Å². The van der Waals surface area contributed by atoms with Gasteiger partial charge in [0.2, 0.25) is 0 Å². The van der Waals surface area contributed by atoms with E-state index in [1.165, 1.54) is 6.07 Å². The van der Waals surface area contributed by atoms with Gasteiger partial charge in [-0.05, 0) is 65.2 Å². The van der Waals surface area contributed by atoms with Gasteiger partial charge in [-0.1, -0.05) is 6.07 Å². The van der Waals surface area contributed by atoms with Crippen LogP contribution in [0.25, 0.3) is 0 Å². The summed E-state index contributed by atoms with van der Waals surface area (Å²) in [4.78, 5) is 25.1. The van der Waals surface area contributed by atoms with Crippen molar-refractivity contribution < 1.29 is 37.0 Å². The molecule has 6 nitrogen and oxygen atoms in total. The molecule has 30 heavy (non-hydrogen) atoms. The fraction of sp³-hybridized carbons (Fsp3) is 0.600. The van der Waals surface area contributed by atoms with Crippen LogP contribution in [0.4, 0.5) is 27.2 Å². The van der Waals surface area contributed by atoms with E-state index in [0.717, 1.165) is 4.90 Å². The predicted molar refractivity (Wildman–Crippen MR) is 100 cm³/mol. The fourth-order valence-electron chi connectivity index (χ4n) is 3.28. The Bertz CT molecular complexity index is 827. The molecule has 1 aliphatic carbocycles. The van der Waals surface area contributed by atoms with E-state index >= 15 is 0 Å². The molecule has 1 aromatic carbocycles. The minimum atomic E-state index is -4.90. The number of rotatable bonds is 5. The first-order valence-corrected chi connectivity index (χ1v) is 9.36. The molecule has 0 saturated heterocycles. The van der Waals surface area contributed by atoms with Crippen molar-refractivity contribution in [2.45, 2.75) is 70.3 Å². The molecule has 2 N–H and O–H groups in total. The molecule has 0 atom stereocenters. The maximum atomic E-state index is 13.7. The molecule has 1 aromatic rings. The summed E-state index contributed by atoms with van der Waals surface area (Å²) >= 11 is 0. The third-order valence-electron chi connectivity index (χ3n) is 4.67. The number of nitrogens with one attached hydrogen (secondary N) is 1. The lowest BCUT2D eigenvalue weighted by atomic mass is 9.97. The number of alkyl halides is 3. The summed E-state index contributed by atoms with van der Waals surface area (Å²) in [5, 5.41) is 12.4. The molecule has 0 unspecified atom stereocenters. The van der Waals surface area contributed by atoms with E-state index in [1.54, 1.807) is 34.6 Å². The zero-order valence-electron chi connectivity index (χ0n) is 17.5. The Labute approximate surface area is 172 Å². The number of ether oxygens (including phenoxy) is 1. The van der Waals surface area contributed by atoms with Gasteiger partial charge in [0.05, 0.1) is 16.6 Å². The Morgan fingerprint density at radius 2 is 1.73 bits per heavy atom. The molecular weight excluding hydrogens is 408 g/mol. The molecule has 1 fully saturated rings. The largest absolute Gasteiger partial charge is 0.465 e. The van der Waals surface area contributed by atoms with Crippen LogP contribution in [0, 0.1) is 5.82 Å². The number of hydrogen-bond acceptors (Lipinski definition) is 3. The Hall–Kier alpha value is -2.52. The minimum Gasteiger partial charge on any atom is -0.465 e. The monoisotopic (exact) mass is 434 g/mol. The highest BCUT2D eigenvalue weighted by atomic mass is 19.4. The summed E-state index contributed by atoms with van der Waals surface area (Å²) in [6, 6.07) is 2.52. The number of hydrogen-bond donors (Lipinski definition) is 2. The number of benzene rings is 1. The molecule has 10 heteroatoms. The first kappa shape index (κ1) is 23.8. The van der Waals surface area contributed by atoms with Gasteiger partial charge < -0.3 is 15.2 Å². The van der Waals surface area contributed by atoms with Crippen LogP contribution >= 0.6 is 0 Å². The van der Waals surface area contributed by atoms with Crippen molar-refractivity contribution in [1.82, 2.24) is 10.2 Å². The van der Waals surface area contributed by atoms with Crippen molar-refractivity contribution in [3.63, 3.8) is 0 Å². The van der Waals surface area contributed by atoms with Crippen LogP contribution < -0.4 is 5.32 Å². The van der Waals surface area contributed by atoms with Gasteiger partial charge in [-0.15, -0.1) is 0 Å². The van der Waals surface area contributed by atoms with Crippen molar-refractivity contribution >= 4 is 12.2 Å². The van der Waals surface area contributed by atoms with Gasteiger partial charge in [0, 0.05) is 6.54 Å². The number of carboxylic acid groups (broad SMARTS) is 1. The van der Waals surface area contributed by atoms with Crippen LogP contribution in [0.5, 0.6) is 0 Å². The normalized spacial score (nSPS) is 16.0. The second-order valence-corrected chi connectivity index (χ2v) is 9.10. The van der Waals surface area contributed by atoms with E-state index in [2.05, 4.69) is 5.32 Å². The first-order chi connectivity index (χ1) is 13.5. The van der Waals surface area contributed by atoms with Crippen LogP contribution in [0.2, 0.25) is 0 Å². The molecule has 0 spiro atoms. The number of nitrogens with zero attached hydrogens (tertiary/aromatic N) is 1. The number of halogens is 4. The molecule has 0 bridgehead atoms. The highest BCUT2D eigenvalue weighted by Crippen LogP contribution is 2.52. The van der Waals surface area contributed by atoms with Crippen LogP contribution in [-0.4, -0.2) is 39.9 Å². The van der Waals surface area contributed by atoms with E-state index in [9.17, 15) is 32.3 Å². The number of alkyl carbamates (subject to hydrolysis) is 1. The Balaban J connectivity index is 2.30. The van der Waals surface area contributed by atoms with Gasteiger partial charge in [-0.25, -0.2) is 14.0 Å². The average molecular weight is 434 g/mol. The third kappa shape index (κ3) is 5.54. The topological polar surface area (TPSA) is 78.9 Å². The lowest BCUT2D eigenvalue weighted by Crippen LogP contribution is -2.56. The second kappa shape index (κ2) is 7.63. The highest BCUT2D eigenvalue weighted by Gasteiger charge is 2.54. The van der Waals surface area contributed by atoms with Crippen LogP contribution in [0.1, 0.15) is 58.6 Å². The lowest BCUT2D eigenvalue weighted by molar-refractivity contribution is -0.140. The number of carbonyl (C=O) groups excluding carboxylic acids is 1. The molecule has 1 aliphatic rings. The van der Waals surface area contributed by atoms with E-state index < -0.39 is 46.4 Å². The van der Waals surface area contributed by atoms with E-state index in [-0.39, 0.29) is 24.9 Å². The number of carbonyl (C=O) groups is 2. The fourth-order valence-corrected chi connectivity index (χ4v) is 3.28. The van der Waals surface area contributed by atoms with Crippen molar-refractivity contribution in [3.8, 4) is 0 Å². The maximum Gasteiger partial charge on any atom is 0.419 e. The summed E-state index contributed by atoms with van der Waals surface area (Å²) in [5.41, 5.74) is -4.43. The van der Waals surface area contributed by atoms with Gasteiger partial charge in [0.1, 0.15) is 11.4 Å². The smallest absolute Gasteiger partial charge is 0.419 e. The predicted octanol–water partition coefficient (Wildman–Crippen LogP) is 5.12. The molecule has 2 rings (SSSR count). The Kier molecular flexibility index (Phi) is 6.04. The van der Waals surface area contributed by atoms with Crippen LogP contribution in [-0.2, 0) is 16.5 Å². The zero-order chi connectivity index (χ0) is 23.1. The molecule has 168 valence electrons. The second-order valence-electron chi connectivity index (χ2n) is 9.10. The summed E-state index contributed by atoms with van der Waals surface area (Å²) < 4.78 is 58.2. The van der Waals surface area contributed by atoms with Crippen LogP contribution in [0.15, 0.2) is 18.2 Å². The first-order valence-electron chi connectivity index (χ1n) is 9.36. The summed E-state index contributed by atoms with van der Waals surface area (Å²) in [6.07, 6.45) is -6.44. The standard InChI is InChI=1S/C20H26F4N2O4/c1-17(2,3)30-15(27)25-18(4,5)11-26(16(28)29)19(8-9-19)12-6-7-14(21)13(10-12)20(22,23)24/h6-7,10H,8-9,11H2,1-5H3,(H,25,27)(H,28,29). The summed E-state index contributed by atoms with van der Waals surface area (Å²) in [7, 11) is 0. The van der Waals surface area contributed by atoms with Crippen molar-refractivity contribution in [2.24, 2.45) is 0 Å². The average Bonchev–Trinajstić information content (AvgIpc) is 3.30. The van der Waals surface area contributed by atoms with Crippen molar-refractivity contribution in [1.29, 1.82) is 0 Å². The molecule has 0 aromatic heterocycles. The Morgan fingerprint density at radius 1 is 1.17 bits per heavy atom. The SMILES string of the molecule is CC(C)(CN(C(=O)O)C1(c2ccc(F)c(C(F)(F)F)c2)CC1)NC(=O)OC(C)(C)C.